The first-order valence-corrected chi connectivity index (χ1v) is 40.4. The highest BCUT2D eigenvalue weighted by Crippen LogP contribution is 2.33. The summed E-state index contributed by atoms with van der Waals surface area (Å²) >= 11 is 3.19. The number of Topliss-reactive ketones (excluding diaryl/α,β-unsaturated/α-hetero) is 3. The van der Waals surface area contributed by atoms with Crippen LogP contribution in [0.1, 0.15) is 152 Å². The second-order valence-corrected chi connectivity index (χ2v) is 31.5. The van der Waals surface area contributed by atoms with Crippen molar-refractivity contribution >= 4 is 123 Å². The summed E-state index contributed by atoms with van der Waals surface area (Å²) in [5.41, 5.74) is 7.13. The van der Waals surface area contributed by atoms with Crippen LogP contribution in [-0.2, 0) is 81.6 Å². The molecular weight excluding hydrogens is 1490 g/mol. The topological polar surface area (TPSA) is 399 Å². The van der Waals surface area contributed by atoms with E-state index in [2.05, 4.69) is 31.6 Å². The fourth-order valence-electron chi connectivity index (χ4n) is 13.9. The summed E-state index contributed by atoms with van der Waals surface area (Å²) in [5.74, 6) is -11.4. The van der Waals surface area contributed by atoms with Gasteiger partial charge in [0, 0.05) is 113 Å². The Balaban J connectivity index is 1.25. The highest BCUT2D eigenvalue weighted by molar-refractivity contribution is 8.03. The number of primary amides is 1. The van der Waals surface area contributed by atoms with Crippen LogP contribution in [0.5, 0.6) is 0 Å². The number of anilines is 2. The molecule has 5 rings (SSSR count). The number of ether oxygens (including phenoxy) is 3. The Kier molecular flexibility index (Phi) is 37.6. The number of carboxylic acid groups (broad SMARTS) is 2. The number of thioether (sulfide) groups is 2. The minimum atomic E-state index is -1.39. The van der Waals surface area contributed by atoms with Gasteiger partial charge in [-0.15, -0.1) is 34.9 Å². The van der Waals surface area contributed by atoms with E-state index < -0.39 is 132 Å². The number of carbonyl (C=O) groups excluding carboxylic acids is 11. The maximum atomic E-state index is 15.0. The average molecular weight is 1600 g/mol. The van der Waals surface area contributed by atoms with Gasteiger partial charge in [0.05, 0.1) is 64.6 Å². The second-order valence-electron chi connectivity index (χ2n) is 28.8. The van der Waals surface area contributed by atoms with E-state index in [1.54, 1.807) is 82.1 Å². The number of likely N-dealkylation sites (N-methyl/N-ethyl adjacent to an activating group) is 2. The van der Waals surface area contributed by atoms with Gasteiger partial charge in [-0.2, -0.15) is 0 Å². The minimum Gasteiger partial charge on any atom is -0.478 e. The number of nitrogens with one attached hydrogen (secondary N) is 5. The minimum absolute atomic E-state index is 0.0304. The van der Waals surface area contributed by atoms with Crippen LogP contribution >= 0.6 is 34.9 Å². The van der Waals surface area contributed by atoms with Crippen LogP contribution in [0.25, 0.3) is 0 Å². The number of carbonyl (C=O) groups is 13. The van der Waals surface area contributed by atoms with Crippen molar-refractivity contribution in [3.05, 3.63) is 134 Å². The van der Waals surface area contributed by atoms with Crippen molar-refractivity contribution in [2.75, 3.05) is 64.5 Å². The maximum Gasteiger partial charge on any atom is 0.410 e. The van der Waals surface area contributed by atoms with Gasteiger partial charge in [-0.3, -0.25) is 43.2 Å². The fraction of sp³-hybridized carbons (Fsp3) is 0.525. The average Bonchev–Trinajstić information content (AvgIpc) is 1.80. The van der Waals surface area contributed by atoms with Crippen LogP contribution < -0.4 is 32.3 Å². The second kappa shape index (κ2) is 45.3. The van der Waals surface area contributed by atoms with Gasteiger partial charge in [-0.25, -0.2) is 24.2 Å². The first kappa shape index (κ1) is 92.3. The predicted molar refractivity (Wildman–Crippen MR) is 427 cm³/mol. The van der Waals surface area contributed by atoms with Crippen molar-refractivity contribution < 1.29 is 86.8 Å². The van der Waals surface area contributed by atoms with Crippen LogP contribution in [0.3, 0.4) is 0 Å². The molecular formula is C80H110N10O18S3. The van der Waals surface area contributed by atoms with Crippen LogP contribution in [0, 0.1) is 41.4 Å². The number of amides is 9. The van der Waals surface area contributed by atoms with E-state index in [4.69, 9.17) is 19.9 Å². The molecule has 1 aliphatic rings. The number of likely N-dealkylation sites (tertiary alicyclic amines) is 1. The highest BCUT2D eigenvalue weighted by atomic mass is 32.2. The van der Waals surface area contributed by atoms with E-state index in [1.165, 1.54) is 61.1 Å². The molecule has 1 aromatic heterocycles. The van der Waals surface area contributed by atoms with E-state index in [0.717, 1.165) is 40.2 Å². The molecule has 0 unspecified atom stereocenters. The molecule has 0 spiro atoms. The lowest BCUT2D eigenvalue weighted by molar-refractivity contribution is -0.149. The highest BCUT2D eigenvalue weighted by Gasteiger charge is 2.44. The Bertz CT molecular complexity index is 3870. The van der Waals surface area contributed by atoms with Gasteiger partial charge in [0.15, 0.2) is 17.3 Å². The zero-order valence-electron chi connectivity index (χ0n) is 66.0. The third-order valence-electron chi connectivity index (χ3n) is 19.9. The quantitative estimate of drug-likeness (QED) is 0.0151. The third kappa shape index (κ3) is 27.8. The molecule has 0 saturated carbocycles. The Morgan fingerprint density at radius 3 is 1.95 bits per heavy atom. The number of nitrogens with zero attached hydrogens (tertiary/aromatic N) is 4. The lowest BCUT2D eigenvalue weighted by Gasteiger charge is -2.41. The first-order valence-electron chi connectivity index (χ1n) is 37.1. The summed E-state index contributed by atoms with van der Waals surface area (Å²) in [4.78, 5) is 185. The summed E-state index contributed by atoms with van der Waals surface area (Å²) < 4.78 is 18.0. The van der Waals surface area contributed by atoms with Crippen molar-refractivity contribution in [1.82, 2.24) is 35.6 Å². The Morgan fingerprint density at radius 2 is 1.39 bits per heavy atom. The number of urea groups is 1. The lowest BCUT2D eigenvalue weighted by atomic mass is 9.83. The molecule has 111 heavy (non-hydrogen) atoms. The summed E-state index contributed by atoms with van der Waals surface area (Å²) in [6.07, 6.45) is 5.50. The molecule has 11 atom stereocenters. The van der Waals surface area contributed by atoms with Crippen molar-refractivity contribution in [1.29, 1.82) is 0 Å². The molecule has 606 valence electrons. The molecule has 9 amide bonds. The molecule has 31 heteroatoms. The number of benzene rings is 3. The van der Waals surface area contributed by atoms with Gasteiger partial charge in [-0.1, -0.05) is 111 Å². The number of carboxylic acids is 2. The zero-order valence-corrected chi connectivity index (χ0v) is 68.5. The summed E-state index contributed by atoms with van der Waals surface area (Å²) in [6.45, 7) is 16.7. The first-order chi connectivity index (χ1) is 52.6. The number of rotatable bonds is 45. The van der Waals surface area contributed by atoms with E-state index in [1.807, 2.05) is 70.3 Å². The standard InChI is InChI=1S/C80H110N10O18S3/c1-16-48(8)71(63(106-12)41-66(94)90-32-21-25-59(90)72(107-13)49(9)73(99)86-58(77-82-31-33-111-77)36-50-22-18-17-19-23-50)88(10)78(103)57(45(2)3)40-62(93)70(47(6)7)89(11)80(105)108-44-51-26-28-55(29-27-51)84-74(100)53(24-20-30-83-79(81)104)39-61(92)69(46(4)5)87-75(101)54-34-52(37-60(91)64(109-14)42-67(95)96)35-56(38-54)85-76(102)65(110-15)43-68(97)98/h17-19,22-23,26-29,31,33-35,38,42-43,45-49,53,57-59,63,69-72H,16,20-21,24-25,30,32,36-37,39-41,44H2,1-15H3,(H,84,100)(H,85,102)(H,86,99)(H,87,101)(H,95,96)(H,97,98)(H3,81,83,104)/b64-42+,65-43+/t48-,49+,53+,57-,58-,59-,63+,69-,70-,71-,72+/m0/s1. The largest absolute Gasteiger partial charge is 0.478 e. The van der Waals surface area contributed by atoms with Crippen molar-refractivity contribution in [2.24, 2.45) is 47.2 Å². The van der Waals surface area contributed by atoms with Crippen LogP contribution in [-0.4, -0.2) is 197 Å². The number of aromatic nitrogens is 1. The van der Waals surface area contributed by atoms with Gasteiger partial charge in [-0.05, 0) is 115 Å². The number of thiazole rings is 1. The normalized spacial score (nSPS) is 15.8. The number of hydrogen-bond donors (Lipinski definition) is 8. The Morgan fingerprint density at radius 1 is 0.730 bits per heavy atom. The zero-order chi connectivity index (χ0) is 82.5. The Labute approximate surface area is 662 Å². The number of nitrogens with two attached hydrogens (primary N) is 1. The molecule has 0 bridgehead atoms. The van der Waals surface area contributed by atoms with Gasteiger partial charge < -0.3 is 71.4 Å². The summed E-state index contributed by atoms with van der Waals surface area (Å²) in [5, 5.41) is 35.1. The molecule has 1 fully saturated rings. The number of allylic oxidation sites excluding steroid dienone is 1. The molecule has 28 nitrogen and oxygen atoms in total. The lowest BCUT2D eigenvalue weighted by Crippen LogP contribution is -2.54. The van der Waals surface area contributed by atoms with E-state index in [-0.39, 0.29) is 107 Å². The van der Waals surface area contributed by atoms with Gasteiger partial charge in [0.25, 0.3) is 11.8 Å². The molecule has 2 heterocycles. The van der Waals surface area contributed by atoms with E-state index in [0.29, 0.717) is 49.6 Å². The molecule has 0 radical (unpaired) electrons. The van der Waals surface area contributed by atoms with Gasteiger partial charge in [0.2, 0.25) is 23.6 Å². The number of hydrogen-bond acceptors (Lipinski definition) is 20. The van der Waals surface area contributed by atoms with E-state index in [9.17, 15) is 67.7 Å². The van der Waals surface area contributed by atoms with Crippen LogP contribution in [0.15, 0.2) is 106 Å². The van der Waals surface area contributed by atoms with Crippen molar-refractivity contribution in [3.63, 3.8) is 0 Å². The van der Waals surface area contributed by atoms with Crippen LogP contribution in [0.2, 0.25) is 0 Å². The number of aliphatic carboxylic acids is 2. The smallest absolute Gasteiger partial charge is 0.410 e. The third-order valence-corrected chi connectivity index (χ3v) is 22.3. The molecule has 1 aliphatic heterocycles. The molecule has 0 aliphatic carbocycles. The van der Waals surface area contributed by atoms with Crippen LogP contribution in [0.4, 0.5) is 21.0 Å². The number of methoxy groups -OCH3 is 2. The molecule has 9 N–H and O–H groups in total. The molecule has 4 aromatic rings. The van der Waals surface area contributed by atoms with Gasteiger partial charge >= 0.3 is 24.1 Å². The van der Waals surface area contributed by atoms with Gasteiger partial charge in [0.1, 0.15) is 11.6 Å². The maximum absolute atomic E-state index is 15.0. The number of ketones is 3. The predicted octanol–water partition coefficient (Wildman–Crippen LogP) is 10.1. The molecule has 1 saturated heterocycles. The monoisotopic (exact) mass is 1590 g/mol. The Hall–Kier alpha value is -9.30. The van der Waals surface area contributed by atoms with E-state index >= 15 is 4.79 Å². The fourth-order valence-corrected chi connectivity index (χ4v) is 15.5. The van der Waals surface area contributed by atoms with Crippen molar-refractivity contribution in [3.8, 4) is 0 Å². The van der Waals surface area contributed by atoms with Crippen molar-refractivity contribution in [2.45, 2.75) is 176 Å². The summed E-state index contributed by atoms with van der Waals surface area (Å²) in [6, 6.07) is 15.7. The summed E-state index contributed by atoms with van der Waals surface area (Å²) in [7, 11) is 6.20. The SMILES string of the molecule is CC[C@H](C)[C@@H]([C@@H](CC(=O)N1CCC[C@H]1[C@H](OC)[C@@H](C)C(=O)N[C@@H](Cc1ccccc1)c1nccs1)OC)N(C)C(=O)[C@@H](CC(=O)[C@H](C(C)C)N(C)C(=O)OCc1ccc(NC(=O)[C@H](CCCNC(N)=O)CC(=O)[C@@H](NC(=O)c2cc(CC(=O)/C(=C\C(=O)O)SC)cc(NC(=O)/C(=C\C(=O)O)SC)c2)C(C)C)cc1)C(C)C. The molecule has 3 aromatic carbocycles.